The van der Waals surface area contributed by atoms with E-state index >= 15 is 0 Å². The van der Waals surface area contributed by atoms with Gasteiger partial charge in [0.2, 0.25) is 12.3 Å². The van der Waals surface area contributed by atoms with Gasteiger partial charge >= 0.3 is 0 Å². The van der Waals surface area contributed by atoms with Crippen LogP contribution in [-0.2, 0) is 12.5 Å². The highest BCUT2D eigenvalue weighted by atomic mass is 19.3. The fourth-order valence-electron chi connectivity index (χ4n) is 3.01. The van der Waals surface area contributed by atoms with Crippen LogP contribution in [-0.4, -0.2) is 28.0 Å². The number of alkyl halides is 6. The number of halogens is 6. The quantitative estimate of drug-likeness (QED) is 0.835. The van der Waals surface area contributed by atoms with Crippen LogP contribution in [0.1, 0.15) is 41.5 Å². The maximum absolute atomic E-state index is 13.5. The van der Waals surface area contributed by atoms with E-state index in [0.717, 1.165) is 6.92 Å². The highest BCUT2D eigenvalue weighted by molar-refractivity contribution is 5.92. The van der Waals surface area contributed by atoms with E-state index in [0.29, 0.717) is 11.6 Å². The zero-order valence-corrected chi connectivity index (χ0v) is 12.3. The number of hydrogen-bond donors (Lipinski definition) is 1. The molecular weight excluding hydrogens is 328 g/mol. The molecule has 0 radical (unpaired) electrons. The second kappa shape index (κ2) is 5.13. The number of carbonyl (C=O) groups is 1. The Balaban J connectivity index is 2.45. The fraction of sp³-hybridized carbons (Fsp3) is 0.692. The minimum Gasteiger partial charge on any atom is -0.364 e. The summed E-state index contributed by atoms with van der Waals surface area (Å²) in [6.07, 6.45) is -5.32. The number of amides is 1. The molecule has 23 heavy (non-hydrogen) atoms. The summed E-state index contributed by atoms with van der Waals surface area (Å²) >= 11 is 0. The van der Waals surface area contributed by atoms with Gasteiger partial charge in [-0.1, -0.05) is 0 Å². The minimum absolute atomic E-state index is 0.250. The highest BCUT2D eigenvalue weighted by Crippen LogP contribution is 2.56. The predicted molar refractivity (Wildman–Crippen MR) is 67.7 cm³/mol. The second-order valence-electron chi connectivity index (χ2n) is 6.11. The number of aromatic nitrogens is 2. The van der Waals surface area contributed by atoms with Crippen molar-refractivity contribution in [3.05, 3.63) is 17.0 Å². The van der Waals surface area contributed by atoms with Crippen LogP contribution in [0.25, 0.3) is 0 Å². The molecule has 0 bridgehead atoms. The third-order valence-corrected chi connectivity index (χ3v) is 3.99. The topological polar surface area (TPSA) is 60.9 Å². The summed E-state index contributed by atoms with van der Waals surface area (Å²) in [5, 5.41) is 3.49. The Kier molecular flexibility index (Phi) is 3.93. The zero-order chi connectivity index (χ0) is 17.8. The molecule has 1 amide bonds. The third kappa shape index (κ3) is 3.02. The average molecular weight is 343 g/mol. The van der Waals surface area contributed by atoms with Crippen molar-refractivity contribution >= 4 is 5.91 Å². The number of nitrogens with two attached hydrogens (primary N) is 1. The van der Waals surface area contributed by atoms with Gasteiger partial charge in [-0.2, -0.15) is 13.9 Å². The van der Waals surface area contributed by atoms with E-state index in [9.17, 15) is 31.1 Å². The molecule has 0 saturated heterocycles. The van der Waals surface area contributed by atoms with Gasteiger partial charge in [-0.3, -0.25) is 9.48 Å². The summed E-state index contributed by atoms with van der Waals surface area (Å²) in [5.41, 5.74) is 1.47. The Hall–Kier alpha value is -1.74. The van der Waals surface area contributed by atoms with Gasteiger partial charge in [-0.25, -0.2) is 17.6 Å². The molecular formula is C13H15F6N3O. The lowest BCUT2D eigenvalue weighted by Gasteiger charge is -2.46. The Bertz CT molecular complexity index is 626. The smallest absolute Gasteiger partial charge is 0.289 e. The molecule has 0 atom stereocenters. The van der Waals surface area contributed by atoms with Gasteiger partial charge in [0.05, 0.1) is 12.0 Å². The molecule has 4 nitrogen and oxygen atoms in total. The molecule has 1 heterocycles. The number of hydrogen-bond acceptors (Lipinski definition) is 2. The van der Waals surface area contributed by atoms with Gasteiger partial charge in [-0.15, -0.1) is 0 Å². The summed E-state index contributed by atoms with van der Waals surface area (Å²) < 4.78 is 80.1. The Morgan fingerprint density at radius 1 is 1.39 bits per heavy atom. The van der Waals surface area contributed by atoms with Crippen LogP contribution in [0.2, 0.25) is 0 Å². The standard InChI is InChI=1S/C13H15F6N3O/c1-6-7(9(20)23)22(21-8(6)11(2,16)17)5-12(10(14)15)3-13(18,19)4-12/h10H,3-5H2,1-2H3,(H2,20,23). The second-order valence-corrected chi connectivity index (χ2v) is 6.11. The molecule has 2 rings (SSSR count). The van der Waals surface area contributed by atoms with Crippen LogP contribution in [0.5, 0.6) is 0 Å². The summed E-state index contributed by atoms with van der Waals surface area (Å²) in [6, 6.07) is 0. The molecule has 1 aromatic heterocycles. The largest absolute Gasteiger partial charge is 0.364 e. The van der Waals surface area contributed by atoms with Crippen molar-refractivity contribution in [3.63, 3.8) is 0 Å². The maximum atomic E-state index is 13.5. The first-order valence-electron chi connectivity index (χ1n) is 6.71. The first-order chi connectivity index (χ1) is 10.3. The lowest BCUT2D eigenvalue weighted by Crippen LogP contribution is -2.53. The van der Waals surface area contributed by atoms with Gasteiger partial charge in [0.15, 0.2) is 0 Å². The third-order valence-electron chi connectivity index (χ3n) is 3.99. The van der Waals surface area contributed by atoms with E-state index in [4.69, 9.17) is 5.73 Å². The van der Waals surface area contributed by atoms with Crippen LogP contribution in [0.4, 0.5) is 26.3 Å². The molecule has 0 unspecified atom stereocenters. The number of primary amides is 1. The zero-order valence-electron chi connectivity index (χ0n) is 12.3. The van der Waals surface area contributed by atoms with E-state index < -0.39 is 60.4 Å². The normalized spacial score (nSPS) is 19.7. The maximum Gasteiger partial charge on any atom is 0.289 e. The molecule has 130 valence electrons. The van der Waals surface area contributed by atoms with Gasteiger partial charge in [-0.05, 0) is 6.92 Å². The van der Waals surface area contributed by atoms with Gasteiger partial charge in [0.25, 0.3) is 11.8 Å². The van der Waals surface area contributed by atoms with Gasteiger partial charge in [0.1, 0.15) is 11.4 Å². The van der Waals surface area contributed by atoms with Gasteiger partial charge in [0, 0.05) is 25.3 Å². The van der Waals surface area contributed by atoms with E-state index in [2.05, 4.69) is 5.10 Å². The van der Waals surface area contributed by atoms with Crippen molar-refractivity contribution in [2.24, 2.45) is 11.1 Å². The minimum atomic E-state index is -3.43. The Morgan fingerprint density at radius 2 is 1.91 bits per heavy atom. The molecule has 1 aromatic rings. The number of carbonyl (C=O) groups excluding carboxylic acids is 1. The SMILES string of the molecule is Cc1c(C(C)(F)F)nn(CC2(C(F)F)CC(F)(F)C2)c1C(N)=O. The van der Waals surface area contributed by atoms with E-state index in [1.165, 1.54) is 0 Å². The number of nitrogens with zero attached hydrogens (tertiary/aromatic N) is 2. The van der Waals surface area contributed by atoms with Crippen LogP contribution >= 0.6 is 0 Å². The average Bonchev–Trinajstić information content (AvgIpc) is 2.62. The molecule has 0 spiro atoms. The summed E-state index contributed by atoms with van der Waals surface area (Å²) in [4.78, 5) is 11.5. The van der Waals surface area contributed by atoms with Crippen LogP contribution < -0.4 is 5.73 Å². The van der Waals surface area contributed by atoms with Crippen molar-refractivity contribution in [2.45, 2.75) is 51.5 Å². The van der Waals surface area contributed by atoms with Crippen molar-refractivity contribution in [1.29, 1.82) is 0 Å². The Labute approximate surface area is 127 Å². The van der Waals surface area contributed by atoms with Crippen molar-refractivity contribution in [2.75, 3.05) is 0 Å². The Morgan fingerprint density at radius 3 is 2.26 bits per heavy atom. The molecule has 1 fully saturated rings. The van der Waals surface area contributed by atoms with Crippen LogP contribution in [0.15, 0.2) is 0 Å². The number of rotatable bonds is 5. The van der Waals surface area contributed by atoms with Crippen LogP contribution in [0, 0.1) is 12.3 Å². The van der Waals surface area contributed by atoms with E-state index in [1.807, 2.05) is 0 Å². The molecule has 1 saturated carbocycles. The van der Waals surface area contributed by atoms with E-state index in [1.54, 1.807) is 0 Å². The first-order valence-corrected chi connectivity index (χ1v) is 6.71. The molecule has 2 N–H and O–H groups in total. The lowest BCUT2D eigenvalue weighted by atomic mass is 9.66. The lowest BCUT2D eigenvalue weighted by molar-refractivity contribution is -0.217. The van der Waals surface area contributed by atoms with Crippen molar-refractivity contribution in [3.8, 4) is 0 Å². The first kappa shape index (κ1) is 17.6. The fourth-order valence-corrected chi connectivity index (χ4v) is 3.01. The van der Waals surface area contributed by atoms with E-state index in [-0.39, 0.29) is 5.56 Å². The monoisotopic (exact) mass is 343 g/mol. The van der Waals surface area contributed by atoms with Crippen LogP contribution in [0.3, 0.4) is 0 Å². The summed E-state index contributed by atoms with van der Waals surface area (Å²) in [6.45, 7) is 0.897. The molecule has 0 aliphatic heterocycles. The van der Waals surface area contributed by atoms with Crippen molar-refractivity contribution < 1.29 is 31.1 Å². The van der Waals surface area contributed by atoms with Crippen molar-refractivity contribution in [1.82, 2.24) is 9.78 Å². The molecule has 1 aliphatic carbocycles. The molecule has 0 aromatic carbocycles. The highest BCUT2D eigenvalue weighted by Gasteiger charge is 2.62. The van der Waals surface area contributed by atoms with Gasteiger partial charge < -0.3 is 5.73 Å². The predicted octanol–water partition coefficient (Wildman–Crippen LogP) is 3.08. The molecule has 10 heteroatoms. The summed E-state index contributed by atoms with van der Waals surface area (Å²) in [5.74, 6) is -7.81. The summed E-state index contributed by atoms with van der Waals surface area (Å²) in [7, 11) is 0. The molecule has 1 aliphatic rings.